The highest BCUT2D eigenvalue weighted by molar-refractivity contribution is 7.90. The van der Waals surface area contributed by atoms with E-state index in [4.69, 9.17) is 9.47 Å². The number of carbonyl (C=O) groups is 2. The first kappa shape index (κ1) is 32.2. The summed E-state index contributed by atoms with van der Waals surface area (Å²) in [7, 11) is -2.36. The van der Waals surface area contributed by atoms with E-state index in [0.717, 1.165) is 12.7 Å². The highest BCUT2D eigenvalue weighted by Gasteiger charge is 2.34. The number of fused-ring (bicyclic) bond motifs is 3. The third-order valence-corrected chi connectivity index (χ3v) is 7.93. The summed E-state index contributed by atoms with van der Waals surface area (Å²) in [5, 5.41) is 3.41. The molecule has 2 atom stereocenters. The van der Waals surface area contributed by atoms with Crippen LogP contribution in [0.4, 0.5) is 25.5 Å². The molecule has 12 nitrogen and oxygen atoms in total. The summed E-state index contributed by atoms with van der Waals surface area (Å²) in [4.78, 5) is 40.4. The van der Waals surface area contributed by atoms with Gasteiger partial charge in [-0.15, -0.1) is 0 Å². The minimum atomic E-state index is -3.83. The van der Waals surface area contributed by atoms with Gasteiger partial charge in [-0.2, -0.15) is 4.98 Å². The van der Waals surface area contributed by atoms with Gasteiger partial charge in [-0.25, -0.2) is 27.4 Å². The molecule has 2 unspecified atom stereocenters. The van der Waals surface area contributed by atoms with Gasteiger partial charge in [-0.05, 0) is 72.4 Å². The zero-order valence-electron chi connectivity index (χ0n) is 26.2. The third-order valence-electron chi connectivity index (χ3n) is 7.08. The van der Waals surface area contributed by atoms with Crippen molar-refractivity contribution in [1.29, 1.82) is 0 Å². The van der Waals surface area contributed by atoms with Crippen molar-refractivity contribution in [3.63, 3.8) is 0 Å². The molecule has 2 N–H and O–H groups in total. The van der Waals surface area contributed by atoms with Crippen LogP contribution in [0.1, 0.15) is 61.3 Å². The first-order valence-electron chi connectivity index (χ1n) is 14.2. The van der Waals surface area contributed by atoms with Crippen LogP contribution in [0.5, 0.6) is 0 Å². The van der Waals surface area contributed by atoms with Crippen LogP contribution in [0.3, 0.4) is 0 Å². The van der Waals surface area contributed by atoms with Gasteiger partial charge in [0.25, 0.3) is 5.16 Å². The molecule has 2 aromatic heterocycles. The van der Waals surface area contributed by atoms with Crippen LogP contribution in [-0.2, 0) is 19.3 Å². The average molecular weight is 621 g/mol. The van der Waals surface area contributed by atoms with Crippen molar-refractivity contribution in [1.82, 2.24) is 20.3 Å². The molecule has 14 heteroatoms. The number of H-pyrrole nitrogens is 1. The van der Waals surface area contributed by atoms with E-state index in [-0.39, 0.29) is 28.5 Å². The second kappa shape index (κ2) is 11.4. The van der Waals surface area contributed by atoms with Gasteiger partial charge in [-0.1, -0.05) is 6.92 Å². The minimum Gasteiger partial charge on any atom is -0.444 e. The number of amides is 2. The largest absolute Gasteiger partial charge is 0.444 e. The minimum absolute atomic E-state index is 0.0104. The Bertz CT molecular complexity index is 1660. The molecule has 0 aliphatic carbocycles. The molecule has 43 heavy (non-hydrogen) atoms. The van der Waals surface area contributed by atoms with Crippen molar-refractivity contribution in [3.05, 3.63) is 17.9 Å². The zero-order valence-corrected chi connectivity index (χ0v) is 27.0. The van der Waals surface area contributed by atoms with Crippen LogP contribution in [0.15, 0.2) is 17.3 Å². The molecule has 1 saturated heterocycles. The Morgan fingerprint density at radius 1 is 1.14 bits per heavy atom. The fourth-order valence-electron chi connectivity index (χ4n) is 5.18. The number of nitrogens with zero attached hydrogens (tertiary/aromatic N) is 4. The molecule has 3 heterocycles. The Morgan fingerprint density at radius 2 is 1.79 bits per heavy atom. The Balaban J connectivity index is 1.81. The molecule has 0 bridgehead atoms. The Morgan fingerprint density at radius 3 is 2.37 bits per heavy atom. The van der Waals surface area contributed by atoms with Gasteiger partial charge in [0.05, 0.1) is 16.6 Å². The summed E-state index contributed by atoms with van der Waals surface area (Å²) < 4.78 is 51.3. The number of alkyl carbamates (subject to hydrolysis) is 1. The molecule has 1 fully saturated rings. The number of anilines is 2. The van der Waals surface area contributed by atoms with Crippen molar-refractivity contribution in [2.24, 2.45) is 5.92 Å². The molecule has 1 aliphatic heterocycles. The molecule has 1 aromatic carbocycles. The quantitative estimate of drug-likeness (QED) is 0.370. The standard InChI is InChI=1S/C29H41FN6O6S/c1-10-16-15-36(12-11-19(16)31-26(37)41-28(2,3)4)24-21-18-13-17(30)14-20(35(8)27(38)42-29(5,6)7)22(18)32-23(21)33-25(34-24)43(9,39)40/h13-14,16,19H,10-12,15H2,1-9H3,(H,31,37)(H,32,33,34). The Labute approximate surface area is 251 Å². The van der Waals surface area contributed by atoms with Gasteiger partial charge in [0.15, 0.2) is 0 Å². The maximum absolute atomic E-state index is 15.1. The number of hydrogen-bond donors (Lipinski definition) is 2. The molecule has 236 valence electrons. The van der Waals surface area contributed by atoms with Gasteiger partial charge in [0.1, 0.15) is 28.5 Å². The topological polar surface area (TPSA) is 147 Å². The summed E-state index contributed by atoms with van der Waals surface area (Å²) in [6.07, 6.45) is 1.10. The second-order valence-corrected chi connectivity index (χ2v) is 14.9. The summed E-state index contributed by atoms with van der Waals surface area (Å²) in [6, 6.07) is 2.34. The van der Waals surface area contributed by atoms with Gasteiger partial charge < -0.3 is 24.7 Å². The second-order valence-electron chi connectivity index (χ2n) is 13.0. The van der Waals surface area contributed by atoms with Crippen LogP contribution < -0.4 is 15.1 Å². The van der Waals surface area contributed by atoms with Gasteiger partial charge in [-0.3, -0.25) is 4.90 Å². The lowest BCUT2D eigenvalue weighted by Crippen LogP contribution is -2.52. The van der Waals surface area contributed by atoms with Gasteiger partial charge >= 0.3 is 12.2 Å². The van der Waals surface area contributed by atoms with Crippen molar-refractivity contribution in [2.45, 2.75) is 83.7 Å². The lowest BCUT2D eigenvalue weighted by Gasteiger charge is -2.39. The van der Waals surface area contributed by atoms with E-state index in [0.29, 0.717) is 41.6 Å². The number of aromatic amines is 1. The number of carbonyl (C=O) groups excluding carboxylic acids is 2. The lowest BCUT2D eigenvalue weighted by molar-refractivity contribution is 0.0475. The van der Waals surface area contributed by atoms with E-state index >= 15 is 4.39 Å². The van der Waals surface area contributed by atoms with Crippen LogP contribution in [0.2, 0.25) is 0 Å². The molecule has 1 aliphatic rings. The van der Waals surface area contributed by atoms with E-state index in [1.807, 2.05) is 11.8 Å². The molecule has 0 spiro atoms. The maximum Gasteiger partial charge on any atom is 0.414 e. The number of nitrogens with one attached hydrogen (secondary N) is 2. The highest BCUT2D eigenvalue weighted by atomic mass is 32.2. The van der Waals surface area contributed by atoms with E-state index in [2.05, 4.69) is 20.3 Å². The monoisotopic (exact) mass is 620 g/mol. The third kappa shape index (κ3) is 7.28. The van der Waals surface area contributed by atoms with Crippen molar-refractivity contribution >= 4 is 55.5 Å². The maximum atomic E-state index is 15.1. The van der Waals surface area contributed by atoms with Crippen LogP contribution in [0, 0.1) is 11.7 Å². The number of benzene rings is 1. The van der Waals surface area contributed by atoms with E-state index in [1.54, 1.807) is 41.5 Å². The van der Waals surface area contributed by atoms with Gasteiger partial charge in [0.2, 0.25) is 9.84 Å². The number of ether oxygens (including phenoxy) is 2. The van der Waals surface area contributed by atoms with E-state index < -0.39 is 39.0 Å². The van der Waals surface area contributed by atoms with Crippen molar-refractivity contribution in [3.8, 4) is 0 Å². The predicted molar refractivity (Wildman–Crippen MR) is 163 cm³/mol. The predicted octanol–water partition coefficient (Wildman–Crippen LogP) is 5.15. The van der Waals surface area contributed by atoms with Crippen LogP contribution >= 0.6 is 0 Å². The molecule has 4 rings (SSSR count). The first-order valence-corrected chi connectivity index (χ1v) is 16.1. The molecular formula is C29H41FN6O6S. The lowest BCUT2D eigenvalue weighted by atomic mass is 9.90. The Kier molecular flexibility index (Phi) is 8.57. The number of halogens is 1. The van der Waals surface area contributed by atoms with Crippen molar-refractivity contribution < 1.29 is 31.9 Å². The molecule has 3 aromatic rings. The van der Waals surface area contributed by atoms with E-state index in [9.17, 15) is 18.0 Å². The summed E-state index contributed by atoms with van der Waals surface area (Å²) in [5.74, 6) is -0.297. The van der Waals surface area contributed by atoms with Gasteiger partial charge in [0, 0.05) is 37.8 Å². The van der Waals surface area contributed by atoms with Crippen LogP contribution in [-0.4, -0.2) is 79.2 Å². The smallest absolute Gasteiger partial charge is 0.414 e. The summed E-state index contributed by atoms with van der Waals surface area (Å²) >= 11 is 0. The first-order chi connectivity index (χ1) is 19.8. The number of sulfone groups is 1. The number of piperidine rings is 1. The molecule has 0 radical (unpaired) electrons. The average Bonchev–Trinajstić information content (AvgIpc) is 3.23. The number of aromatic nitrogens is 3. The molecule has 2 amide bonds. The fourth-order valence-corrected chi connectivity index (χ4v) is 5.69. The fraction of sp³-hybridized carbons (Fsp3) is 0.586. The van der Waals surface area contributed by atoms with Crippen molar-refractivity contribution in [2.75, 3.05) is 36.2 Å². The summed E-state index contributed by atoms with van der Waals surface area (Å²) in [6.45, 7) is 13.5. The summed E-state index contributed by atoms with van der Waals surface area (Å²) in [5.41, 5.74) is -0.656. The number of rotatable bonds is 5. The molecule has 0 saturated carbocycles. The molecular weight excluding hydrogens is 579 g/mol. The normalized spacial score (nSPS) is 18.1. The number of hydrogen-bond acceptors (Lipinski definition) is 9. The Hall–Kier alpha value is -3.68. The van der Waals surface area contributed by atoms with E-state index in [1.165, 1.54) is 24.1 Å². The van der Waals surface area contributed by atoms with Crippen LogP contribution in [0.25, 0.3) is 21.9 Å². The SMILES string of the molecule is CCC1CN(c2nc(S(C)(=O)=O)nc3[nH]c4c(N(C)C(=O)OC(C)(C)C)cc(F)cc4c23)CCC1NC(=O)OC(C)(C)C. The highest BCUT2D eigenvalue weighted by Crippen LogP contribution is 2.39. The zero-order chi connectivity index (χ0) is 32.1.